The highest BCUT2D eigenvalue weighted by molar-refractivity contribution is 5.77. The number of hydrogen-bond donors (Lipinski definition) is 1. The molecule has 0 bridgehead atoms. The average Bonchev–Trinajstić information content (AvgIpc) is 2.82. The Bertz CT molecular complexity index is 460. The SMILES string of the molecule is C[C@H]1C[C@H]2NC(=O)CC[C@]2(C)C2CC[C@]3(C)CCCC3C21. The quantitative estimate of drug-likeness (QED) is 0.713. The second kappa shape index (κ2) is 4.49. The number of carbonyl (C=O) groups is 1. The molecule has 2 nitrogen and oxygen atoms in total. The Balaban J connectivity index is 1.68. The van der Waals surface area contributed by atoms with Crippen molar-refractivity contribution < 1.29 is 4.79 Å². The van der Waals surface area contributed by atoms with Gasteiger partial charge in [0, 0.05) is 12.5 Å². The van der Waals surface area contributed by atoms with Gasteiger partial charge in [-0.15, -0.1) is 0 Å². The summed E-state index contributed by atoms with van der Waals surface area (Å²) in [6, 6.07) is 0.445. The molecular formula is C19H31NO. The van der Waals surface area contributed by atoms with Crippen molar-refractivity contribution in [3.63, 3.8) is 0 Å². The lowest BCUT2D eigenvalue weighted by molar-refractivity contribution is -0.141. The van der Waals surface area contributed by atoms with E-state index in [4.69, 9.17) is 0 Å². The van der Waals surface area contributed by atoms with E-state index < -0.39 is 0 Å². The van der Waals surface area contributed by atoms with Crippen molar-refractivity contribution in [1.29, 1.82) is 0 Å². The molecule has 0 spiro atoms. The standard InChI is InChI=1S/C19H31NO/c1-12-11-15-19(3,10-7-16(21)20-15)14-6-9-18(2)8-4-5-13(18)17(12)14/h12-15,17H,4-11H2,1-3H3,(H,20,21)/t12-,13?,14?,15+,17?,18-,19+/m0/s1. The molecule has 3 aliphatic carbocycles. The summed E-state index contributed by atoms with van der Waals surface area (Å²) in [6.07, 6.45) is 10.3. The van der Waals surface area contributed by atoms with E-state index in [1.54, 1.807) is 0 Å². The van der Waals surface area contributed by atoms with Crippen LogP contribution in [0.25, 0.3) is 0 Å². The minimum Gasteiger partial charge on any atom is -0.353 e. The number of rotatable bonds is 0. The Morgan fingerprint density at radius 2 is 1.90 bits per heavy atom. The summed E-state index contributed by atoms with van der Waals surface area (Å²) in [5.41, 5.74) is 1.01. The molecule has 4 rings (SSSR count). The molecule has 1 saturated heterocycles. The van der Waals surface area contributed by atoms with Crippen LogP contribution in [0.4, 0.5) is 0 Å². The van der Waals surface area contributed by atoms with Crippen molar-refractivity contribution >= 4 is 5.91 Å². The van der Waals surface area contributed by atoms with E-state index >= 15 is 0 Å². The first-order valence-electron chi connectivity index (χ1n) is 9.23. The van der Waals surface area contributed by atoms with Gasteiger partial charge in [0.05, 0.1) is 0 Å². The molecule has 0 aromatic carbocycles. The molecule has 4 fully saturated rings. The smallest absolute Gasteiger partial charge is 0.220 e. The zero-order valence-electron chi connectivity index (χ0n) is 14.0. The Morgan fingerprint density at radius 1 is 1.10 bits per heavy atom. The highest BCUT2D eigenvalue weighted by atomic mass is 16.1. The van der Waals surface area contributed by atoms with E-state index in [1.165, 1.54) is 38.5 Å². The third kappa shape index (κ3) is 1.86. The number of nitrogens with one attached hydrogen (secondary N) is 1. The molecule has 3 saturated carbocycles. The van der Waals surface area contributed by atoms with Crippen LogP contribution in [-0.4, -0.2) is 11.9 Å². The predicted octanol–water partition coefficient (Wildman–Crippen LogP) is 4.14. The molecule has 21 heavy (non-hydrogen) atoms. The molecule has 118 valence electrons. The normalized spacial score (nSPS) is 56.1. The molecule has 1 N–H and O–H groups in total. The van der Waals surface area contributed by atoms with Crippen LogP contribution in [0.5, 0.6) is 0 Å². The second-order valence-electron chi connectivity index (χ2n) is 9.21. The van der Waals surface area contributed by atoms with Crippen LogP contribution in [-0.2, 0) is 4.79 Å². The van der Waals surface area contributed by atoms with Gasteiger partial charge in [-0.05, 0) is 73.0 Å². The second-order valence-corrected chi connectivity index (χ2v) is 9.21. The van der Waals surface area contributed by atoms with Gasteiger partial charge in [-0.25, -0.2) is 0 Å². The third-order valence-electron chi connectivity index (χ3n) is 8.25. The van der Waals surface area contributed by atoms with Crippen LogP contribution in [0, 0.1) is 34.5 Å². The van der Waals surface area contributed by atoms with E-state index in [1.807, 2.05) is 0 Å². The maximum Gasteiger partial charge on any atom is 0.220 e. The highest BCUT2D eigenvalue weighted by Gasteiger charge is 2.59. The number of piperidine rings is 1. The lowest BCUT2D eigenvalue weighted by Crippen LogP contribution is -2.62. The number of hydrogen-bond acceptors (Lipinski definition) is 1. The molecule has 2 heteroatoms. The lowest BCUT2D eigenvalue weighted by Gasteiger charge is -2.61. The number of carbonyl (C=O) groups excluding carboxylic acids is 1. The van der Waals surface area contributed by atoms with Gasteiger partial charge in [-0.3, -0.25) is 4.79 Å². The molecule has 0 aromatic heterocycles. The first-order valence-corrected chi connectivity index (χ1v) is 9.23. The molecule has 0 radical (unpaired) electrons. The van der Waals surface area contributed by atoms with Crippen LogP contribution in [0.2, 0.25) is 0 Å². The first kappa shape index (κ1) is 14.1. The van der Waals surface area contributed by atoms with Crippen molar-refractivity contribution in [3.8, 4) is 0 Å². The average molecular weight is 289 g/mol. The van der Waals surface area contributed by atoms with E-state index in [0.29, 0.717) is 22.8 Å². The number of amides is 1. The Kier molecular flexibility index (Phi) is 3.01. The molecular weight excluding hydrogens is 258 g/mol. The van der Waals surface area contributed by atoms with E-state index in [2.05, 4.69) is 26.1 Å². The fraction of sp³-hybridized carbons (Fsp3) is 0.947. The summed E-state index contributed by atoms with van der Waals surface area (Å²) >= 11 is 0. The van der Waals surface area contributed by atoms with Gasteiger partial charge in [-0.2, -0.15) is 0 Å². The highest BCUT2D eigenvalue weighted by Crippen LogP contribution is 2.65. The summed E-state index contributed by atoms with van der Waals surface area (Å²) in [5.74, 6) is 3.81. The Morgan fingerprint density at radius 3 is 2.71 bits per heavy atom. The summed E-state index contributed by atoms with van der Waals surface area (Å²) in [5, 5.41) is 3.35. The molecule has 7 atom stereocenters. The Labute approximate surface area is 129 Å². The van der Waals surface area contributed by atoms with Gasteiger partial charge < -0.3 is 5.32 Å². The summed E-state index contributed by atoms with van der Waals surface area (Å²) in [6.45, 7) is 7.55. The van der Waals surface area contributed by atoms with Crippen molar-refractivity contribution in [3.05, 3.63) is 0 Å². The van der Waals surface area contributed by atoms with Gasteiger partial charge in [-0.1, -0.05) is 27.2 Å². The molecule has 0 aromatic rings. The van der Waals surface area contributed by atoms with Gasteiger partial charge in [0.25, 0.3) is 0 Å². The Hall–Kier alpha value is -0.530. The van der Waals surface area contributed by atoms with Crippen LogP contribution >= 0.6 is 0 Å². The van der Waals surface area contributed by atoms with Crippen molar-refractivity contribution in [2.75, 3.05) is 0 Å². The van der Waals surface area contributed by atoms with Crippen LogP contribution < -0.4 is 5.32 Å². The van der Waals surface area contributed by atoms with Crippen LogP contribution in [0.1, 0.15) is 72.1 Å². The fourth-order valence-corrected chi connectivity index (χ4v) is 7.04. The number of fused-ring (bicyclic) bond motifs is 5. The zero-order chi connectivity index (χ0) is 14.8. The largest absolute Gasteiger partial charge is 0.353 e. The van der Waals surface area contributed by atoms with Gasteiger partial charge in [0.15, 0.2) is 0 Å². The van der Waals surface area contributed by atoms with Gasteiger partial charge >= 0.3 is 0 Å². The van der Waals surface area contributed by atoms with Gasteiger partial charge in [0.1, 0.15) is 0 Å². The molecule has 1 heterocycles. The maximum atomic E-state index is 11.8. The summed E-state index contributed by atoms with van der Waals surface area (Å²) < 4.78 is 0. The minimum atomic E-state index is 0.296. The van der Waals surface area contributed by atoms with Gasteiger partial charge in [0.2, 0.25) is 5.91 Å². The van der Waals surface area contributed by atoms with E-state index in [-0.39, 0.29) is 0 Å². The van der Waals surface area contributed by atoms with E-state index in [9.17, 15) is 4.79 Å². The third-order valence-corrected chi connectivity index (χ3v) is 8.25. The monoisotopic (exact) mass is 289 g/mol. The molecule has 3 unspecified atom stereocenters. The van der Waals surface area contributed by atoms with Crippen LogP contribution in [0.15, 0.2) is 0 Å². The summed E-state index contributed by atoms with van der Waals surface area (Å²) in [4.78, 5) is 11.8. The maximum absolute atomic E-state index is 11.8. The molecule has 1 amide bonds. The predicted molar refractivity (Wildman–Crippen MR) is 84.7 cm³/mol. The summed E-state index contributed by atoms with van der Waals surface area (Å²) in [7, 11) is 0. The van der Waals surface area contributed by atoms with E-state index in [0.717, 1.165) is 36.5 Å². The van der Waals surface area contributed by atoms with Crippen molar-refractivity contribution in [2.45, 2.75) is 78.2 Å². The molecule has 4 aliphatic rings. The topological polar surface area (TPSA) is 29.1 Å². The van der Waals surface area contributed by atoms with Crippen molar-refractivity contribution in [2.24, 2.45) is 34.5 Å². The van der Waals surface area contributed by atoms with Crippen LogP contribution in [0.3, 0.4) is 0 Å². The molecule has 1 aliphatic heterocycles. The first-order chi connectivity index (χ1) is 9.94. The fourth-order valence-electron chi connectivity index (χ4n) is 7.04. The zero-order valence-corrected chi connectivity index (χ0v) is 14.0. The minimum absolute atomic E-state index is 0.296. The lowest BCUT2D eigenvalue weighted by atomic mass is 9.45. The van der Waals surface area contributed by atoms with Crippen molar-refractivity contribution in [1.82, 2.24) is 5.32 Å².